The summed E-state index contributed by atoms with van der Waals surface area (Å²) < 4.78 is 81.1. The number of hydrogen-bond acceptors (Lipinski definition) is 3. The number of halogens is 6. The van der Waals surface area contributed by atoms with Gasteiger partial charge in [-0.1, -0.05) is 26.2 Å². The van der Waals surface area contributed by atoms with Crippen LogP contribution in [0.1, 0.15) is 32.6 Å². The standard InChI is InChI=1S/C11H14F6O3/c1-2-3-4-5-6-7(18)8(19)20-9(6,10(12,13)14)11(15,16)17/h6,8,19H,2-5H2,1H3. The summed E-state index contributed by atoms with van der Waals surface area (Å²) in [4.78, 5) is 11.4. The summed E-state index contributed by atoms with van der Waals surface area (Å²) in [6.07, 6.45) is -14.1. The summed E-state index contributed by atoms with van der Waals surface area (Å²) in [5.41, 5.74) is -4.62. The average Bonchev–Trinajstić information content (AvgIpc) is 2.53. The van der Waals surface area contributed by atoms with E-state index in [1.165, 1.54) is 0 Å². The van der Waals surface area contributed by atoms with Gasteiger partial charge in [-0.15, -0.1) is 0 Å². The SMILES string of the molecule is CCCCCC1C(=O)C(O)OC1(C(F)(F)F)C(F)(F)F. The molecule has 0 aromatic rings. The molecule has 1 rings (SSSR count). The number of carbonyl (C=O) groups excluding carboxylic acids is 1. The van der Waals surface area contributed by atoms with E-state index in [1.54, 1.807) is 6.92 Å². The lowest BCUT2D eigenvalue weighted by Crippen LogP contribution is -2.61. The van der Waals surface area contributed by atoms with E-state index in [0.29, 0.717) is 12.8 Å². The van der Waals surface area contributed by atoms with Gasteiger partial charge in [0.1, 0.15) is 0 Å². The molecule has 3 nitrogen and oxygen atoms in total. The molecule has 1 aliphatic rings. The van der Waals surface area contributed by atoms with E-state index in [4.69, 9.17) is 5.11 Å². The summed E-state index contributed by atoms with van der Waals surface area (Å²) in [5.74, 6) is -4.04. The van der Waals surface area contributed by atoms with Crippen molar-refractivity contribution in [1.82, 2.24) is 0 Å². The first-order chi connectivity index (χ1) is 8.99. The third kappa shape index (κ3) is 2.65. The highest BCUT2D eigenvalue weighted by atomic mass is 19.4. The minimum atomic E-state index is -5.84. The topological polar surface area (TPSA) is 46.5 Å². The molecular formula is C11H14F6O3. The molecule has 20 heavy (non-hydrogen) atoms. The molecule has 1 aliphatic heterocycles. The zero-order valence-electron chi connectivity index (χ0n) is 10.5. The molecule has 0 aromatic heterocycles. The van der Waals surface area contributed by atoms with Crippen LogP contribution in [0.4, 0.5) is 26.3 Å². The van der Waals surface area contributed by atoms with Crippen LogP contribution in [0.15, 0.2) is 0 Å². The van der Waals surface area contributed by atoms with E-state index < -0.39 is 42.4 Å². The van der Waals surface area contributed by atoms with Gasteiger partial charge in [-0.3, -0.25) is 4.79 Å². The fourth-order valence-corrected chi connectivity index (χ4v) is 2.32. The predicted molar refractivity (Wildman–Crippen MR) is 54.6 cm³/mol. The highest BCUT2D eigenvalue weighted by Crippen LogP contribution is 2.55. The Balaban J connectivity index is 3.21. The van der Waals surface area contributed by atoms with Gasteiger partial charge in [0.05, 0.1) is 5.92 Å². The van der Waals surface area contributed by atoms with Crippen LogP contribution in [0, 0.1) is 5.92 Å². The van der Waals surface area contributed by atoms with Crippen molar-refractivity contribution in [3.8, 4) is 0 Å². The monoisotopic (exact) mass is 308 g/mol. The predicted octanol–water partition coefficient (Wildman–Crippen LogP) is 2.96. The molecule has 0 aliphatic carbocycles. The summed E-state index contributed by atoms with van der Waals surface area (Å²) in [6.45, 7) is 1.71. The molecule has 1 heterocycles. The first-order valence-electron chi connectivity index (χ1n) is 6.02. The largest absolute Gasteiger partial charge is 0.427 e. The first kappa shape index (κ1) is 17.2. The van der Waals surface area contributed by atoms with Crippen LogP contribution < -0.4 is 0 Å². The third-order valence-electron chi connectivity index (χ3n) is 3.31. The van der Waals surface area contributed by atoms with E-state index in [-0.39, 0.29) is 6.42 Å². The fourth-order valence-electron chi connectivity index (χ4n) is 2.32. The van der Waals surface area contributed by atoms with Crippen molar-refractivity contribution >= 4 is 5.78 Å². The summed E-state index contributed by atoms with van der Waals surface area (Å²) >= 11 is 0. The molecule has 0 saturated carbocycles. The maximum Gasteiger partial charge on any atom is 0.427 e. The molecule has 1 saturated heterocycles. The lowest BCUT2D eigenvalue weighted by Gasteiger charge is -2.36. The van der Waals surface area contributed by atoms with Crippen molar-refractivity contribution in [1.29, 1.82) is 0 Å². The maximum absolute atomic E-state index is 12.9. The molecule has 0 amide bonds. The molecular weight excluding hydrogens is 294 g/mol. The fraction of sp³-hybridized carbons (Fsp3) is 0.909. The quantitative estimate of drug-likeness (QED) is 0.641. The normalized spacial score (nSPS) is 27.1. The van der Waals surface area contributed by atoms with Crippen LogP contribution in [-0.2, 0) is 9.53 Å². The van der Waals surface area contributed by atoms with Gasteiger partial charge in [-0.25, -0.2) is 0 Å². The number of Topliss-reactive ketones (excluding diaryl/α,β-unsaturated/α-hetero) is 1. The van der Waals surface area contributed by atoms with Gasteiger partial charge in [0.2, 0.25) is 6.29 Å². The third-order valence-corrected chi connectivity index (χ3v) is 3.31. The zero-order chi connectivity index (χ0) is 15.8. The Labute approximate surface area is 110 Å². The number of aliphatic hydroxyl groups excluding tert-OH is 1. The smallest absolute Gasteiger partial charge is 0.362 e. The van der Waals surface area contributed by atoms with E-state index >= 15 is 0 Å². The lowest BCUT2D eigenvalue weighted by atomic mass is 9.81. The van der Waals surface area contributed by atoms with Crippen LogP contribution >= 0.6 is 0 Å². The second-order valence-electron chi connectivity index (χ2n) is 4.65. The molecule has 1 N–H and O–H groups in total. The molecule has 0 aromatic carbocycles. The molecule has 2 unspecified atom stereocenters. The van der Waals surface area contributed by atoms with Crippen LogP contribution in [-0.4, -0.2) is 35.1 Å². The average molecular weight is 308 g/mol. The highest BCUT2D eigenvalue weighted by molar-refractivity contribution is 5.87. The molecule has 9 heteroatoms. The Morgan fingerprint density at radius 1 is 1.15 bits per heavy atom. The van der Waals surface area contributed by atoms with E-state index in [1.807, 2.05) is 0 Å². The van der Waals surface area contributed by atoms with Gasteiger partial charge < -0.3 is 9.84 Å². The number of alkyl halides is 6. The van der Waals surface area contributed by atoms with Crippen LogP contribution in [0.5, 0.6) is 0 Å². The van der Waals surface area contributed by atoms with Crippen molar-refractivity contribution in [2.75, 3.05) is 0 Å². The molecule has 1 fully saturated rings. The number of unbranched alkanes of at least 4 members (excludes halogenated alkanes) is 2. The van der Waals surface area contributed by atoms with Crippen LogP contribution in [0.25, 0.3) is 0 Å². The van der Waals surface area contributed by atoms with Crippen molar-refractivity contribution in [2.45, 2.75) is 56.9 Å². The number of ether oxygens (including phenoxy) is 1. The van der Waals surface area contributed by atoms with E-state index in [0.717, 1.165) is 0 Å². The van der Waals surface area contributed by atoms with E-state index in [2.05, 4.69) is 4.74 Å². The zero-order valence-corrected chi connectivity index (χ0v) is 10.5. The van der Waals surface area contributed by atoms with Gasteiger partial charge in [0.15, 0.2) is 5.78 Å². The molecule has 118 valence electrons. The number of ketones is 1. The molecule has 2 atom stereocenters. The Morgan fingerprint density at radius 2 is 1.65 bits per heavy atom. The Hall–Kier alpha value is -0.830. The van der Waals surface area contributed by atoms with Crippen molar-refractivity contribution in [3.63, 3.8) is 0 Å². The lowest BCUT2D eigenvalue weighted by molar-refractivity contribution is -0.395. The Kier molecular flexibility index (Phi) is 4.75. The Morgan fingerprint density at radius 3 is 2.05 bits per heavy atom. The van der Waals surface area contributed by atoms with Crippen LogP contribution in [0.2, 0.25) is 0 Å². The first-order valence-corrected chi connectivity index (χ1v) is 6.02. The van der Waals surface area contributed by atoms with Gasteiger partial charge in [0, 0.05) is 0 Å². The minimum Gasteiger partial charge on any atom is -0.362 e. The Bertz CT molecular complexity index is 348. The second kappa shape index (κ2) is 5.51. The minimum absolute atomic E-state index is 0.0108. The number of rotatable bonds is 4. The van der Waals surface area contributed by atoms with Gasteiger partial charge in [-0.05, 0) is 6.42 Å². The van der Waals surface area contributed by atoms with Crippen molar-refractivity contribution in [2.24, 2.45) is 5.92 Å². The number of hydrogen-bond donors (Lipinski definition) is 1. The van der Waals surface area contributed by atoms with Gasteiger partial charge in [-0.2, -0.15) is 26.3 Å². The van der Waals surface area contributed by atoms with Crippen molar-refractivity contribution < 1.29 is 41.0 Å². The second-order valence-corrected chi connectivity index (χ2v) is 4.65. The summed E-state index contributed by atoms with van der Waals surface area (Å²) in [5, 5.41) is 9.02. The number of carbonyl (C=O) groups is 1. The highest BCUT2D eigenvalue weighted by Gasteiger charge is 2.80. The summed E-state index contributed by atoms with van der Waals surface area (Å²) in [7, 11) is 0. The van der Waals surface area contributed by atoms with Gasteiger partial charge >= 0.3 is 12.4 Å². The van der Waals surface area contributed by atoms with E-state index in [9.17, 15) is 31.1 Å². The molecule has 0 spiro atoms. The molecule has 0 radical (unpaired) electrons. The number of aliphatic hydroxyl groups is 1. The maximum atomic E-state index is 12.9. The molecule has 0 bridgehead atoms. The van der Waals surface area contributed by atoms with Gasteiger partial charge in [0.25, 0.3) is 5.60 Å². The van der Waals surface area contributed by atoms with Crippen LogP contribution in [0.3, 0.4) is 0 Å². The van der Waals surface area contributed by atoms with Crippen molar-refractivity contribution in [3.05, 3.63) is 0 Å². The summed E-state index contributed by atoms with van der Waals surface area (Å²) in [6, 6.07) is 0.